The van der Waals surface area contributed by atoms with Gasteiger partial charge in [0.1, 0.15) is 5.01 Å². The molecule has 0 aliphatic carbocycles. The fourth-order valence-electron chi connectivity index (χ4n) is 7.40. The summed E-state index contributed by atoms with van der Waals surface area (Å²) in [5.74, 6) is 1.94. The first kappa shape index (κ1) is 31.0. The molecule has 252 valence electrons. The number of fused-ring (bicyclic) bond motifs is 6. The summed E-state index contributed by atoms with van der Waals surface area (Å²) >= 11 is 3.58. The van der Waals surface area contributed by atoms with Crippen LogP contribution in [0.5, 0.6) is 0 Å². The van der Waals surface area contributed by atoms with Gasteiger partial charge in [-0.05, 0) is 63.0 Å². The highest BCUT2D eigenvalue weighted by Crippen LogP contribution is 2.43. The highest BCUT2D eigenvalue weighted by atomic mass is 32.1. The van der Waals surface area contributed by atoms with Gasteiger partial charge in [-0.1, -0.05) is 140 Å². The Morgan fingerprint density at radius 2 is 0.907 bits per heavy atom. The summed E-state index contributed by atoms with van der Waals surface area (Å²) in [4.78, 5) is 20.4. The maximum atomic E-state index is 5.13. The Morgan fingerprint density at radius 1 is 0.333 bits per heavy atom. The topological polar surface area (TPSA) is 51.6 Å². The minimum Gasteiger partial charge on any atom is -0.236 e. The van der Waals surface area contributed by atoms with Gasteiger partial charge in [0.15, 0.2) is 17.5 Å². The molecule has 0 radical (unpaired) electrons. The van der Waals surface area contributed by atoms with Crippen molar-refractivity contribution in [2.24, 2.45) is 0 Å². The summed E-state index contributed by atoms with van der Waals surface area (Å²) in [6.45, 7) is 0. The first-order valence-electron chi connectivity index (χ1n) is 17.9. The molecule has 3 aromatic heterocycles. The zero-order valence-corrected chi connectivity index (χ0v) is 30.4. The lowest BCUT2D eigenvalue weighted by atomic mass is 10.0. The van der Waals surface area contributed by atoms with Crippen LogP contribution in [-0.4, -0.2) is 19.9 Å². The molecular formula is C48H28N4S2. The highest BCUT2D eigenvalue weighted by molar-refractivity contribution is 7.26. The molecule has 4 nitrogen and oxygen atoms in total. The number of nitrogens with zero attached hydrogens (tertiary/aromatic N) is 4. The van der Waals surface area contributed by atoms with Gasteiger partial charge < -0.3 is 0 Å². The first-order chi connectivity index (χ1) is 26.7. The Labute approximate surface area is 318 Å². The van der Waals surface area contributed by atoms with Crippen LogP contribution in [0.15, 0.2) is 170 Å². The average Bonchev–Trinajstić information content (AvgIpc) is 3.83. The molecule has 0 amide bonds. The number of aromatic nitrogens is 4. The van der Waals surface area contributed by atoms with E-state index < -0.39 is 0 Å². The zero-order chi connectivity index (χ0) is 35.6. The lowest BCUT2D eigenvalue weighted by Gasteiger charge is -2.11. The molecule has 0 aliphatic rings. The van der Waals surface area contributed by atoms with Crippen molar-refractivity contribution in [2.75, 3.05) is 0 Å². The van der Waals surface area contributed by atoms with E-state index in [1.54, 1.807) is 11.3 Å². The van der Waals surface area contributed by atoms with E-state index >= 15 is 0 Å². The normalized spacial score (nSPS) is 11.7. The number of thiophene rings is 1. The smallest absolute Gasteiger partial charge is 0.164 e. The second-order valence-corrected chi connectivity index (χ2v) is 15.6. The molecule has 0 N–H and O–H groups in total. The maximum absolute atomic E-state index is 5.13. The number of hydrogen-bond donors (Lipinski definition) is 0. The average molecular weight is 725 g/mol. The summed E-state index contributed by atoms with van der Waals surface area (Å²) in [6.07, 6.45) is 0. The van der Waals surface area contributed by atoms with E-state index in [2.05, 4.69) is 164 Å². The van der Waals surface area contributed by atoms with Crippen LogP contribution < -0.4 is 0 Å². The Morgan fingerprint density at radius 3 is 1.59 bits per heavy atom. The van der Waals surface area contributed by atoms with Crippen molar-refractivity contribution < 1.29 is 0 Å². The van der Waals surface area contributed by atoms with Gasteiger partial charge in [0.2, 0.25) is 0 Å². The molecule has 0 spiro atoms. The van der Waals surface area contributed by atoms with E-state index in [0.29, 0.717) is 17.5 Å². The predicted octanol–water partition coefficient (Wildman–Crippen LogP) is 13.5. The summed E-state index contributed by atoms with van der Waals surface area (Å²) in [7, 11) is 0. The molecule has 0 saturated carbocycles. The van der Waals surface area contributed by atoms with Crippen molar-refractivity contribution in [3.05, 3.63) is 170 Å². The lowest BCUT2D eigenvalue weighted by Crippen LogP contribution is -2.00. The van der Waals surface area contributed by atoms with Crippen LogP contribution in [0.3, 0.4) is 0 Å². The minimum atomic E-state index is 0.641. The summed E-state index contributed by atoms with van der Waals surface area (Å²) < 4.78 is 3.70. The second kappa shape index (κ2) is 12.5. The molecule has 0 unspecified atom stereocenters. The van der Waals surface area contributed by atoms with Crippen LogP contribution in [0.4, 0.5) is 0 Å². The Kier molecular flexibility index (Phi) is 7.18. The third kappa shape index (κ3) is 5.35. The van der Waals surface area contributed by atoms with E-state index in [1.165, 1.54) is 41.2 Å². The van der Waals surface area contributed by atoms with E-state index in [1.807, 2.05) is 17.4 Å². The SMILES string of the molecule is c1ccc(-c2nc3cc4sc5c(-c6cccc(-c7nc(-c8ccc9ccccc9c8)nc(-c8ccc9ccccc9c8)n7)c6)cccc5c4cc3s2)cc1. The molecule has 3 heterocycles. The third-order valence-electron chi connectivity index (χ3n) is 10.1. The van der Waals surface area contributed by atoms with Crippen molar-refractivity contribution in [1.29, 1.82) is 0 Å². The fraction of sp³-hybridized carbons (Fsp3) is 0. The number of rotatable bonds is 5. The largest absolute Gasteiger partial charge is 0.236 e. The van der Waals surface area contributed by atoms with Crippen LogP contribution in [0.25, 0.3) is 108 Å². The second-order valence-electron chi connectivity index (χ2n) is 13.5. The van der Waals surface area contributed by atoms with Gasteiger partial charge in [-0.3, -0.25) is 0 Å². The molecule has 0 bridgehead atoms. The summed E-state index contributed by atoms with van der Waals surface area (Å²) in [5, 5.41) is 8.23. The highest BCUT2D eigenvalue weighted by Gasteiger charge is 2.17. The molecule has 54 heavy (non-hydrogen) atoms. The predicted molar refractivity (Wildman–Crippen MR) is 228 cm³/mol. The van der Waals surface area contributed by atoms with Gasteiger partial charge in [-0.15, -0.1) is 22.7 Å². The van der Waals surface area contributed by atoms with Crippen molar-refractivity contribution in [1.82, 2.24) is 19.9 Å². The molecule has 8 aromatic carbocycles. The van der Waals surface area contributed by atoms with Gasteiger partial charge in [0.25, 0.3) is 0 Å². The molecule has 6 heteroatoms. The maximum Gasteiger partial charge on any atom is 0.164 e. The van der Waals surface area contributed by atoms with Gasteiger partial charge in [0, 0.05) is 42.4 Å². The molecular weight excluding hydrogens is 697 g/mol. The zero-order valence-electron chi connectivity index (χ0n) is 28.8. The van der Waals surface area contributed by atoms with Gasteiger partial charge in [-0.25, -0.2) is 19.9 Å². The van der Waals surface area contributed by atoms with Crippen LogP contribution >= 0.6 is 22.7 Å². The summed E-state index contributed by atoms with van der Waals surface area (Å²) in [5.41, 5.74) is 7.36. The number of thiazole rings is 1. The standard InChI is InChI=1S/C48H28N4S2/c1-2-12-31(13-3-1)48-49-41-28-42-40(27-43(41)54-48)39-19-9-18-38(44(39)53-42)34-16-8-17-35(26-34)45-50-46(36-22-20-29-10-4-6-14-32(29)24-36)52-47(51-45)37-23-21-30-11-5-7-15-33(30)25-37/h1-28H. The van der Waals surface area contributed by atoms with E-state index in [-0.39, 0.29) is 0 Å². The number of benzene rings is 8. The fourth-order valence-corrected chi connectivity index (χ4v) is 9.64. The summed E-state index contributed by atoms with van der Waals surface area (Å²) in [6, 6.07) is 59.8. The Bertz CT molecular complexity index is 3140. The van der Waals surface area contributed by atoms with Crippen molar-refractivity contribution in [2.45, 2.75) is 0 Å². The van der Waals surface area contributed by atoms with E-state index in [4.69, 9.17) is 19.9 Å². The molecule has 11 rings (SSSR count). The lowest BCUT2D eigenvalue weighted by molar-refractivity contribution is 1.08. The molecule has 0 fully saturated rings. The van der Waals surface area contributed by atoms with E-state index in [9.17, 15) is 0 Å². The van der Waals surface area contributed by atoms with Crippen molar-refractivity contribution in [3.8, 4) is 55.9 Å². The Balaban J connectivity index is 1.04. The van der Waals surface area contributed by atoms with E-state index in [0.717, 1.165) is 49.1 Å². The monoisotopic (exact) mass is 724 g/mol. The Hall–Kier alpha value is -6.60. The molecule has 0 saturated heterocycles. The van der Waals surface area contributed by atoms with Crippen molar-refractivity contribution in [3.63, 3.8) is 0 Å². The molecule has 0 aliphatic heterocycles. The quantitative estimate of drug-likeness (QED) is 0.177. The van der Waals surface area contributed by atoms with Crippen molar-refractivity contribution >= 4 is 74.6 Å². The number of hydrogen-bond acceptors (Lipinski definition) is 6. The van der Waals surface area contributed by atoms with Crippen LogP contribution in [0.1, 0.15) is 0 Å². The van der Waals surface area contributed by atoms with Crippen LogP contribution in [0, 0.1) is 0 Å². The third-order valence-corrected chi connectivity index (χ3v) is 12.4. The van der Waals surface area contributed by atoms with Crippen LogP contribution in [0.2, 0.25) is 0 Å². The van der Waals surface area contributed by atoms with Gasteiger partial charge in [-0.2, -0.15) is 0 Å². The first-order valence-corrected chi connectivity index (χ1v) is 19.5. The van der Waals surface area contributed by atoms with Crippen LogP contribution in [-0.2, 0) is 0 Å². The molecule has 0 atom stereocenters. The van der Waals surface area contributed by atoms with Gasteiger partial charge in [0.05, 0.1) is 10.2 Å². The van der Waals surface area contributed by atoms with Gasteiger partial charge >= 0.3 is 0 Å². The minimum absolute atomic E-state index is 0.641. The molecule has 11 aromatic rings.